The minimum absolute atomic E-state index is 0.0692. The molecule has 2 aromatic carbocycles. The van der Waals surface area contributed by atoms with Gasteiger partial charge in [-0.05, 0) is 11.6 Å². The lowest BCUT2D eigenvalue weighted by Gasteiger charge is -2.28. The standard InChI is InChI=1S/C21H20ClN3O2/c1-27-18-9-5-8-15(19(18)22)12-25-11-10-17-16(13-25)21(26)24-20(23-17)14-6-3-2-4-7-14/h2-9H,10-13H2,1H3,(H,23,24,26). The van der Waals surface area contributed by atoms with Gasteiger partial charge in [-0.1, -0.05) is 54.1 Å². The van der Waals surface area contributed by atoms with E-state index in [0.29, 0.717) is 29.7 Å². The molecule has 5 nitrogen and oxygen atoms in total. The van der Waals surface area contributed by atoms with Gasteiger partial charge in [-0.25, -0.2) is 4.98 Å². The van der Waals surface area contributed by atoms with Crippen LogP contribution in [0.3, 0.4) is 0 Å². The van der Waals surface area contributed by atoms with E-state index in [9.17, 15) is 4.79 Å². The number of aromatic nitrogens is 2. The maximum absolute atomic E-state index is 12.7. The van der Waals surface area contributed by atoms with Crippen molar-refractivity contribution in [3.63, 3.8) is 0 Å². The molecule has 0 radical (unpaired) electrons. The molecule has 1 aliphatic heterocycles. The smallest absolute Gasteiger partial charge is 0.255 e. The Morgan fingerprint density at radius 2 is 2.00 bits per heavy atom. The summed E-state index contributed by atoms with van der Waals surface area (Å²) in [5.41, 5.74) is 3.46. The molecule has 0 saturated heterocycles. The van der Waals surface area contributed by atoms with E-state index < -0.39 is 0 Å². The van der Waals surface area contributed by atoms with Crippen LogP contribution in [-0.4, -0.2) is 28.5 Å². The van der Waals surface area contributed by atoms with Crippen molar-refractivity contribution in [2.45, 2.75) is 19.5 Å². The number of fused-ring (bicyclic) bond motifs is 1. The number of methoxy groups -OCH3 is 1. The van der Waals surface area contributed by atoms with Gasteiger partial charge in [-0.2, -0.15) is 0 Å². The van der Waals surface area contributed by atoms with E-state index in [1.54, 1.807) is 7.11 Å². The molecule has 0 bridgehead atoms. The molecule has 0 unspecified atom stereocenters. The monoisotopic (exact) mass is 381 g/mol. The Bertz CT molecular complexity index is 1020. The second kappa shape index (κ2) is 7.55. The zero-order valence-electron chi connectivity index (χ0n) is 15.0. The van der Waals surface area contributed by atoms with Crippen molar-refractivity contribution in [2.75, 3.05) is 13.7 Å². The van der Waals surface area contributed by atoms with Crippen molar-refractivity contribution in [1.29, 1.82) is 0 Å². The van der Waals surface area contributed by atoms with Gasteiger partial charge < -0.3 is 9.72 Å². The topological polar surface area (TPSA) is 58.2 Å². The number of hydrogen-bond donors (Lipinski definition) is 1. The fourth-order valence-electron chi connectivity index (χ4n) is 3.43. The second-order valence-electron chi connectivity index (χ2n) is 6.60. The predicted octanol–water partition coefficient (Wildman–Crippen LogP) is 3.66. The summed E-state index contributed by atoms with van der Waals surface area (Å²) in [5, 5.41) is 0.622. The summed E-state index contributed by atoms with van der Waals surface area (Å²) in [6, 6.07) is 15.5. The molecule has 27 heavy (non-hydrogen) atoms. The summed E-state index contributed by atoms with van der Waals surface area (Å²) in [7, 11) is 1.61. The van der Waals surface area contributed by atoms with Crippen LogP contribution in [0.5, 0.6) is 5.75 Å². The molecule has 0 aliphatic carbocycles. The maximum atomic E-state index is 12.7. The van der Waals surface area contributed by atoms with Crippen molar-refractivity contribution in [3.05, 3.63) is 80.7 Å². The van der Waals surface area contributed by atoms with Crippen LogP contribution in [0.25, 0.3) is 11.4 Å². The molecule has 1 aromatic heterocycles. The third kappa shape index (κ3) is 3.61. The van der Waals surface area contributed by atoms with Crippen LogP contribution in [0.1, 0.15) is 16.8 Å². The Morgan fingerprint density at radius 1 is 1.19 bits per heavy atom. The highest BCUT2D eigenvalue weighted by atomic mass is 35.5. The third-order valence-corrected chi connectivity index (χ3v) is 5.28. The average Bonchev–Trinajstić information content (AvgIpc) is 2.70. The molecular formula is C21H20ClN3O2. The molecule has 0 atom stereocenters. The average molecular weight is 382 g/mol. The lowest BCUT2D eigenvalue weighted by atomic mass is 10.1. The number of nitrogens with one attached hydrogen (secondary N) is 1. The molecule has 0 saturated carbocycles. The van der Waals surface area contributed by atoms with Crippen LogP contribution >= 0.6 is 11.6 Å². The molecule has 2 heterocycles. The number of aromatic amines is 1. The molecule has 0 amide bonds. The number of H-pyrrole nitrogens is 1. The highest BCUT2D eigenvalue weighted by Crippen LogP contribution is 2.29. The first-order chi connectivity index (χ1) is 13.2. The number of rotatable bonds is 4. The number of ether oxygens (including phenoxy) is 1. The highest BCUT2D eigenvalue weighted by Gasteiger charge is 2.22. The SMILES string of the molecule is COc1cccc(CN2CCc3nc(-c4ccccc4)[nH]c(=O)c3C2)c1Cl. The summed E-state index contributed by atoms with van der Waals surface area (Å²) < 4.78 is 5.29. The molecule has 0 fully saturated rings. The Morgan fingerprint density at radius 3 is 2.78 bits per heavy atom. The van der Waals surface area contributed by atoms with Gasteiger partial charge in [0, 0.05) is 31.6 Å². The summed E-state index contributed by atoms with van der Waals surface area (Å²) in [6.07, 6.45) is 0.737. The van der Waals surface area contributed by atoms with Crippen LogP contribution in [-0.2, 0) is 19.5 Å². The fourth-order valence-corrected chi connectivity index (χ4v) is 3.69. The molecule has 138 valence electrons. The van der Waals surface area contributed by atoms with Crippen molar-refractivity contribution >= 4 is 11.6 Å². The van der Waals surface area contributed by atoms with Gasteiger partial charge in [0.25, 0.3) is 5.56 Å². The van der Waals surface area contributed by atoms with Crippen LogP contribution in [0, 0.1) is 0 Å². The summed E-state index contributed by atoms with van der Waals surface area (Å²) >= 11 is 6.42. The minimum Gasteiger partial charge on any atom is -0.495 e. The zero-order chi connectivity index (χ0) is 18.8. The maximum Gasteiger partial charge on any atom is 0.255 e. The van der Waals surface area contributed by atoms with Gasteiger partial charge in [0.1, 0.15) is 11.6 Å². The van der Waals surface area contributed by atoms with E-state index in [0.717, 1.165) is 35.3 Å². The lowest BCUT2D eigenvalue weighted by molar-refractivity contribution is 0.241. The summed E-state index contributed by atoms with van der Waals surface area (Å²) in [4.78, 5) is 22.5. The first-order valence-electron chi connectivity index (χ1n) is 8.87. The van der Waals surface area contributed by atoms with Crippen LogP contribution < -0.4 is 10.3 Å². The van der Waals surface area contributed by atoms with E-state index >= 15 is 0 Å². The van der Waals surface area contributed by atoms with E-state index in [1.165, 1.54) is 0 Å². The number of hydrogen-bond acceptors (Lipinski definition) is 4. The Balaban J connectivity index is 1.58. The summed E-state index contributed by atoms with van der Waals surface area (Å²) in [6.45, 7) is 2.04. The van der Waals surface area contributed by atoms with Gasteiger partial charge in [0.05, 0.1) is 23.4 Å². The van der Waals surface area contributed by atoms with Crippen LogP contribution in [0.2, 0.25) is 5.02 Å². The predicted molar refractivity (Wildman–Crippen MR) is 106 cm³/mol. The molecule has 6 heteroatoms. The van der Waals surface area contributed by atoms with E-state index in [1.807, 2.05) is 48.5 Å². The third-order valence-electron chi connectivity index (χ3n) is 4.85. The number of nitrogens with zero attached hydrogens (tertiary/aromatic N) is 2. The minimum atomic E-state index is -0.0692. The van der Waals surface area contributed by atoms with E-state index in [-0.39, 0.29) is 5.56 Å². The van der Waals surface area contributed by atoms with Crippen molar-refractivity contribution in [3.8, 4) is 17.1 Å². The van der Waals surface area contributed by atoms with Crippen LogP contribution in [0.15, 0.2) is 53.3 Å². The normalized spacial score (nSPS) is 14.0. The van der Waals surface area contributed by atoms with Crippen molar-refractivity contribution in [1.82, 2.24) is 14.9 Å². The first kappa shape index (κ1) is 17.8. The molecule has 1 N–H and O–H groups in total. The fraction of sp³-hybridized carbons (Fsp3) is 0.238. The largest absolute Gasteiger partial charge is 0.495 e. The Hall–Kier alpha value is -2.63. The molecule has 1 aliphatic rings. The second-order valence-corrected chi connectivity index (χ2v) is 6.98. The first-order valence-corrected chi connectivity index (χ1v) is 9.24. The number of halogens is 1. The quantitative estimate of drug-likeness (QED) is 0.749. The van der Waals surface area contributed by atoms with Crippen molar-refractivity contribution in [2.24, 2.45) is 0 Å². The molecular weight excluding hydrogens is 362 g/mol. The highest BCUT2D eigenvalue weighted by molar-refractivity contribution is 6.32. The van der Waals surface area contributed by atoms with E-state index in [4.69, 9.17) is 21.3 Å². The summed E-state index contributed by atoms with van der Waals surface area (Å²) in [5.74, 6) is 1.29. The molecule has 0 spiro atoms. The Kier molecular flexibility index (Phi) is 4.97. The van der Waals surface area contributed by atoms with Gasteiger partial charge in [-0.15, -0.1) is 0 Å². The van der Waals surface area contributed by atoms with Gasteiger partial charge in [0.2, 0.25) is 0 Å². The molecule has 3 aromatic rings. The van der Waals surface area contributed by atoms with E-state index in [2.05, 4.69) is 9.88 Å². The molecule has 4 rings (SSSR count). The lowest BCUT2D eigenvalue weighted by Crippen LogP contribution is -2.35. The van der Waals surface area contributed by atoms with Gasteiger partial charge >= 0.3 is 0 Å². The zero-order valence-corrected chi connectivity index (χ0v) is 15.8. The Labute approximate surface area is 162 Å². The van der Waals surface area contributed by atoms with Gasteiger partial charge in [-0.3, -0.25) is 9.69 Å². The van der Waals surface area contributed by atoms with Gasteiger partial charge in [0.15, 0.2) is 0 Å². The number of benzene rings is 2. The van der Waals surface area contributed by atoms with Crippen molar-refractivity contribution < 1.29 is 4.74 Å². The van der Waals surface area contributed by atoms with Crippen LogP contribution in [0.4, 0.5) is 0 Å².